The van der Waals surface area contributed by atoms with Crippen LogP contribution in [-0.2, 0) is 6.54 Å². The lowest BCUT2D eigenvalue weighted by Gasteiger charge is -2.22. The third kappa shape index (κ3) is 2.88. The van der Waals surface area contributed by atoms with E-state index in [1.807, 2.05) is 7.05 Å². The van der Waals surface area contributed by atoms with E-state index in [1.165, 1.54) is 0 Å². The molecule has 0 saturated carbocycles. The maximum Gasteiger partial charge on any atom is 0.146 e. The summed E-state index contributed by atoms with van der Waals surface area (Å²) in [6.45, 7) is 5.36. The zero-order chi connectivity index (χ0) is 15.0. The van der Waals surface area contributed by atoms with E-state index >= 15 is 0 Å². The number of hydrogen-bond donors (Lipinski definition) is 1. The molecule has 0 radical (unpaired) electrons. The minimum absolute atomic E-state index is 0.624. The highest BCUT2D eigenvalue weighted by Crippen LogP contribution is 2.26. The van der Waals surface area contributed by atoms with Gasteiger partial charge < -0.3 is 10.2 Å². The zero-order valence-corrected chi connectivity index (χ0v) is 13.9. The Balaban J connectivity index is 1.79. The van der Waals surface area contributed by atoms with E-state index < -0.39 is 0 Å². The van der Waals surface area contributed by atoms with Crippen molar-refractivity contribution in [2.45, 2.75) is 19.5 Å². The van der Waals surface area contributed by atoms with Gasteiger partial charge in [-0.1, -0.05) is 6.92 Å². The molecule has 6 heteroatoms. The summed E-state index contributed by atoms with van der Waals surface area (Å²) in [6.07, 6.45) is 0. The van der Waals surface area contributed by atoms with Crippen LogP contribution in [0.15, 0.2) is 11.4 Å². The summed E-state index contributed by atoms with van der Waals surface area (Å²) in [4.78, 5) is 15.3. The highest BCUT2D eigenvalue weighted by molar-refractivity contribution is 7.16. The summed E-state index contributed by atoms with van der Waals surface area (Å²) in [6, 6.07) is 2.70. The number of nitrogens with zero attached hydrogens (tertiary/aromatic N) is 4. The summed E-state index contributed by atoms with van der Waals surface area (Å²) in [7, 11) is 6.25. The predicted octanol–water partition coefficient (Wildman–Crippen LogP) is 2.11. The van der Waals surface area contributed by atoms with Gasteiger partial charge in [0, 0.05) is 26.2 Å². The van der Waals surface area contributed by atoms with Crippen molar-refractivity contribution in [2.75, 3.05) is 39.5 Å². The quantitative estimate of drug-likeness (QED) is 0.937. The lowest BCUT2D eigenvalue weighted by atomic mass is 10.1. The van der Waals surface area contributed by atoms with Gasteiger partial charge in [-0.25, -0.2) is 9.97 Å². The van der Waals surface area contributed by atoms with Gasteiger partial charge in [0.25, 0.3) is 0 Å². The first kappa shape index (κ1) is 14.7. The molecule has 1 aliphatic rings. The molecule has 114 valence electrons. The first-order valence-electron chi connectivity index (χ1n) is 7.39. The molecular weight excluding hydrogens is 282 g/mol. The smallest absolute Gasteiger partial charge is 0.146 e. The van der Waals surface area contributed by atoms with Crippen molar-refractivity contribution in [1.82, 2.24) is 19.8 Å². The van der Waals surface area contributed by atoms with Crippen molar-refractivity contribution >= 4 is 27.4 Å². The average molecular weight is 305 g/mol. The summed E-state index contributed by atoms with van der Waals surface area (Å²) >= 11 is 1.68. The largest absolute Gasteiger partial charge is 0.372 e. The van der Waals surface area contributed by atoms with Crippen LogP contribution in [0.4, 0.5) is 5.82 Å². The lowest BCUT2D eigenvalue weighted by Crippen LogP contribution is -2.34. The van der Waals surface area contributed by atoms with Gasteiger partial charge in [-0.05, 0) is 31.5 Å². The van der Waals surface area contributed by atoms with Crippen molar-refractivity contribution in [3.8, 4) is 0 Å². The Morgan fingerprint density at radius 3 is 2.86 bits per heavy atom. The maximum atomic E-state index is 4.71. The molecule has 1 saturated heterocycles. The Kier molecular flexibility index (Phi) is 4.10. The van der Waals surface area contributed by atoms with Crippen molar-refractivity contribution in [2.24, 2.45) is 5.92 Å². The Morgan fingerprint density at radius 1 is 1.38 bits per heavy atom. The second kappa shape index (κ2) is 5.87. The van der Waals surface area contributed by atoms with E-state index in [4.69, 9.17) is 4.98 Å². The summed E-state index contributed by atoms with van der Waals surface area (Å²) in [5.74, 6) is 2.54. The molecule has 3 heterocycles. The van der Waals surface area contributed by atoms with Crippen LogP contribution in [0, 0.1) is 5.92 Å². The predicted molar refractivity (Wildman–Crippen MR) is 88.9 cm³/mol. The van der Waals surface area contributed by atoms with Crippen molar-refractivity contribution < 1.29 is 0 Å². The number of aromatic nitrogens is 2. The highest BCUT2D eigenvalue weighted by atomic mass is 32.1. The van der Waals surface area contributed by atoms with Crippen LogP contribution < -0.4 is 5.32 Å². The molecule has 2 aromatic rings. The SMILES string of the molecule is CNc1nc(CN2CC(C)C(N(C)C)C2)nc2sccc12. The summed E-state index contributed by atoms with van der Waals surface area (Å²) in [5.41, 5.74) is 0. The number of fused-ring (bicyclic) bond motifs is 1. The number of likely N-dealkylation sites (tertiary alicyclic amines) is 1. The molecule has 0 amide bonds. The average Bonchev–Trinajstić information content (AvgIpc) is 3.04. The number of nitrogens with one attached hydrogen (secondary N) is 1. The third-order valence-corrected chi connectivity index (χ3v) is 5.09. The molecule has 5 nitrogen and oxygen atoms in total. The van der Waals surface area contributed by atoms with E-state index in [2.05, 4.69) is 52.6 Å². The van der Waals surface area contributed by atoms with Gasteiger partial charge >= 0.3 is 0 Å². The third-order valence-electron chi connectivity index (χ3n) is 4.28. The van der Waals surface area contributed by atoms with Gasteiger partial charge in [0.2, 0.25) is 0 Å². The van der Waals surface area contributed by atoms with Crippen LogP contribution in [-0.4, -0.2) is 60.0 Å². The fourth-order valence-electron chi connectivity index (χ4n) is 3.21. The molecular formula is C15H23N5S. The molecule has 1 aliphatic heterocycles. The van der Waals surface area contributed by atoms with Gasteiger partial charge in [0.1, 0.15) is 16.5 Å². The fourth-order valence-corrected chi connectivity index (χ4v) is 3.99. The van der Waals surface area contributed by atoms with Crippen LogP contribution in [0.25, 0.3) is 10.2 Å². The Labute approximate surface area is 130 Å². The van der Waals surface area contributed by atoms with Crippen LogP contribution in [0.2, 0.25) is 0 Å². The minimum Gasteiger partial charge on any atom is -0.372 e. The number of rotatable bonds is 4. The number of anilines is 1. The topological polar surface area (TPSA) is 44.3 Å². The molecule has 1 fully saturated rings. The Bertz CT molecular complexity index is 624. The van der Waals surface area contributed by atoms with Crippen LogP contribution in [0.5, 0.6) is 0 Å². The molecule has 2 unspecified atom stereocenters. The number of thiophene rings is 1. The Morgan fingerprint density at radius 2 is 2.19 bits per heavy atom. The summed E-state index contributed by atoms with van der Waals surface area (Å²) < 4.78 is 0. The van der Waals surface area contributed by atoms with E-state index in [-0.39, 0.29) is 0 Å². The molecule has 3 rings (SSSR count). The van der Waals surface area contributed by atoms with Gasteiger partial charge in [0.15, 0.2) is 0 Å². The zero-order valence-electron chi connectivity index (χ0n) is 13.1. The van der Waals surface area contributed by atoms with Gasteiger partial charge in [-0.2, -0.15) is 0 Å². The van der Waals surface area contributed by atoms with Crippen molar-refractivity contribution in [3.05, 3.63) is 17.3 Å². The number of likely N-dealkylation sites (N-methyl/N-ethyl adjacent to an activating group) is 1. The van der Waals surface area contributed by atoms with E-state index in [0.29, 0.717) is 12.0 Å². The van der Waals surface area contributed by atoms with Crippen molar-refractivity contribution in [3.63, 3.8) is 0 Å². The highest BCUT2D eigenvalue weighted by Gasteiger charge is 2.31. The van der Waals surface area contributed by atoms with Crippen LogP contribution >= 0.6 is 11.3 Å². The number of hydrogen-bond acceptors (Lipinski definition) is 6. The van der Waals surface area contributed by atoms with Crippen LogP contribution in [0.3, 0.4) is 0 Å². The normalized spacial score (nSPS) is 23.3. The molecule has 2 atom stereocenters. The molecule has 0 aliphatic carbocycles. The first-order chi connectivity index (χ1) is 10.1. The molecule has 21 heavy (non-hydrogen) atoms. The molecule has 1 N–H and O–H groups in total. The van der Waals surface area contributed by atoms with Crippen molar-refractivity contribution in [1.29, 1.82) is 0 Å². The standard InChI is InChI=1S/C15H23N5S/c1-10-7-20(8-12(10)19(3)4)9-13-17-14(16-2)11-5-6-21-15(11)18-13/h5-6,10,12H,7-9H2,1-4H3,(H,16,17,18). The van der Waals surface area contributed by atoms with Gasteiger partial charge in [-0.3, -0.25) is 4.90 Å². The monoisotopic (exact) mass is 305 g/mol. The fraction of sp³-hybridized carbons (Fsp3) is 0.600. The first-order valence-corrected chi connectivity index (χ1v) is 8.27. The van der Waals surface area contributed by atoms with Crippen LogP contribution in [0.1, 0.15) is 12.7 Å². The van der Waals surface area contributed by atoms with E-state index in [9.17, 15) is 0 Å². The Hall–Kier alpha value is -1.24. The molecule has 0 spiro atoms. The lowest BCUT2D eigenvalue weighted by molar-refractivity contribution is 0.249. The van der Waals surface area contributed by atoms with Gasteiger partial charge in [-0.15, -0.1) is 11.3 Å². The second-order valence-electron chi connectivity index (χ2n) is 6.08. The molecule has 2 aromatic heterocycles. The van der Waals surface area contributed by atoms with Gasteiger partial charge in [0.05, 0.1) is 11.9 Å². The summed E-state index contributed by atoms with van der Waals surface area (Å²) in [5, 5.41) is 6.38. The maximum absolute atomic E-state index is 4.71. The molecule has 0 bridgehead atoms. The second-order valence-corrected chi connectivity index (χ2v) is 6.97. The van der Waals surface area contributed by atoms with E-state index in [1.54, 1.807) is 11.3 Å². The molecule has 0 aromatic carbocycles. The minimum atomic E-state index is 0.624. The van der Waals surface area contributed by atoms with E-state index in [0.717, 1.165) is 41.5 Å².